The largest absolute Gasteiger partial charge is 0.379 e. The zero-order valence-electron chi connectivity index (χ0n) is 10.8. The summed E-state index contributed by atoms with van der Waals surface area (Å²) in [4.78, 5) is 2.36. The summed E-state index contributed by atoms with van der Waals surface area (Å²) in [5.74, 6) is -0.0399. The third kappa shape index (κ3) is 4.35. The lowest BCUT2D eigenvalue weighted by atomic mass is 10.1. The molecule has 6 nitrogen and oxygen atoms in total. The highest BCUT2D eigenvalue weighted by Gasteiger charge is 2.11. The molecule has 0 radical (unpaired) electrons. The van der Waals surface area contributed by atoms with Crippen molar-refractivity contribution >= 4 is 12.2 Å². The molecule has 102 valence electrons. The molecule has 0 amide bonds. The average molecular weight is 261 g/mol. The Morgan fingerprint density at radius 1 is 1.26 bits per heavy atom. The molecular formula is C13H19N5O. The monoisotopic (exact) mass is 261 g/mol. The van der Waals surface area contributed by atoms with E-state index < -0.39 is 0 Å². The van der Waals surface area contributed by atoms with Crippen molar-refractivity contribution in [2.75, 3.05) is 26.3 Å². The SMILES string of the molecule is NC(N)=NN=Cc1ccccc1CN1CCOCC1. The van der Waals surface area contributed by atoms with Crippen molar-refractivity contribution in [3.05, 3.63) is 35.4 Å². The van der Waals surface area contributed by atoms with Gasteiger partial charge < -0.3 is 16.2 Å². The second kappa shape index (κ2) is 6.86. The molecule has 0 aliphatic carbocycles. The van der Waals surface area contributed by atoms with Crippen LogP contribution in [-0.4, -0.2) is 43.4 Å². The van der Waals surface area contributed by atoms with E-state index in [9.17, 15) is 0 Å². The van der Waals surface area contributed by atoms with Crippen LogP contribution in [0.4, 0.5) is 0 Å². The number of nitrogens with two attached hydrogens (primary N) is 2. The van der Waals surface area contributed by atoms with Crippen LogP contribution < -0.4 is 11.5 Å². The van der Waals surface area contributed by atoms with Crippen LogP contribution in [0.1, 0.15) is 11.1 Å². The average Bonchev–Trinajstić information content (AvgIpc) is 2.41. The van der Waals surface area contributed by atoms with Gasteiger partial charge in [-0.3, -0.25) is 4.90 Å². The third-order valence-corrected chi connectivity index (χ3v) is 2.92. The quantitative estimate of drug-likeness (QED) is 0.458. The third-order valence-electron chi connectivity index (χ3n) is 2.92. The molecule has 0 atom stereocenters. The van der Waals surface area contributed by atoms with Crippen LogP contribution in [0.2, 0.25) is 0 Å². The Bertz CT molecular complexity index is 462. The number of hydrogen-bond acceptors (Lipinski definition) is 4. The second-order valence-corrected chi connectivity index (χ2v) is 4.36. The number of morpholine rings is 1. The molecule has 0 spiro atoms. The summed E-state index contributed by atoms with van der Waals surface area (Å²) in [7, 11) is 0. The molecular weight excluding hydrogens is 242 g/mol. The number of benzene rings is 1. The summed E-state index contributed by atoms with van der Waals surface area (Å²) in [6.07, 6.45) is 1.68. The summed E-state index contributed by atoms with van der Waals surface area (Å²) in [6.45, 7) is 4.39. The molecule has 1 aromatic rings. The highest BCUT2D eigenvalue weighted by Crippen LogP contribution is 2.11. The molecule has 1 aliphatic heterocycles. The van der Waals surface area contributed by atoms with E-state index in [-0.39, 0.29) is 5.96 Å². The van der Waals surface area contributed by atoms with Gasteiger partial charge in [-0.2, -0.15) is 5.10 Å². The lowest BCUT2D eigenvalue weighted by Crippen LogP contribution is -2.35. The Labute approximate surface area is 112 Å². The van der Waals surface area contributed by atoms with Gasteiger partial charge in [-0.1, -0.05) is 24.3 Å². The van der Waals surface area contributed by atoms with Crippen LogP contribution >= 0.6 is 0 Å². The van der Waals surface area contributed by atoms with Crippen LogP contribution in [0.25, 0.3) is 0 Å². The Morgan fingerprint density at radius 2 is 2.00 bits per heavy atom. The van der Waals surface area contributed by atoms with Crippen molar-refractivity contribution in [1.82, 2.24) is 4.90 Å². The fourth-order valence-electron chi connectivity index (χ4n) is 1.96. The van der Waals surface area contributed by atoms with Gasteiger partial charge in [0.25, 0.3) is 0 Å². The zero-order valence-corrected chi connectivity index (χ0v) is 10.8. The minimum Gasteiger partial charge on any atom is -0.379 e. The minimum atomic E-state index is -0.0399. The lowest BCUT2D eigenvalue weighted by Gasteiger charge is -2.27. The van der Waals surface area contributed by atoms with E-state index in [0.717, 1.165) is 38.4 Å². The van der Waals surface area contributed by atoms with Crippen LogP contribution in [0.3, 0.4) is 0 Å². The van der Waals surface area contributed by atoms with Crippen molar-refractivity contribution in [2.24, 2.45) is 21.7 Å². The second-order valence-electron chi connectivity index (χ2n) is 4.36. The zero-order chi connectivity index (χ0) is 13.5. The summed E-state index contributed by atoms with van der Waals surface area (Å²) in [6, 6.07) is 8.08. The van der Waals surface area contributed by atoms with E-state index >= 15 is 0 Å². The minimum absolute atomic E-state index is 0.0399. The smallest absolute Gasteiger partial charge is 0.211 e. The van der Waals surface area contributed by atoms with Gasteiger partial charge in [0.1, 0.15) is 0 Å². The number of guanidine groups is 1. The van der Waals surface area contributed by atoms with E-state index in [1.807, 2.05) is 18.2 Å². The first-order valence-corrected chi connectivity index (χ1v) is 6.25. The molecule has 4 N–H and O–H groups in total. The van der Waals surface area contributed by atoms with Crippen LogP contribution in [-0.2, 0) is 11.3 Å². The van der Waals surface area contributed by atoms with Gasteiger partial charge >= 0.3 is 0 Å². The fourth-order valence-corrected chi connectivity index (χ4v) is 1.96. The maximum Gasteiger partial charge on any atom is 0.211 e. The van der Waals surface area contributed by atoms with E-state index in [0.29, 0.717) is 0 Å². The molecule has 6 heteroatoms. The maximum absolute atomic E-state index is 5.35. The summed E-state index contributed by atoms with van der Waals surface area (Å²) < 4.78 is 5.35. The Kier molecular flexibility index (Phi) is 4.88. The van der Waals surface area contributed by atoms with Crippen molar-refractivity contribution < 1.29 is 4.74 Å². The normalized spacial score (nSPS) is 16.6. The summed E-state index contributed by atoms with van der Waals surface area (Å²) >= 11 is 0. The van der Waals surface area contributed by atoms with E-state index in [1.54, 1.807) is 6.21 Å². The highest BCUT2D eigenvalue weighted by molar-refractivity contribution is 5.83. The molecule has 0 aromatic heterocycles. The maximum atomic E-state index is 5.35. The van der Waals surface area contributed by atoms with Gasteiger partial charge in [-0.25, -0.2) is 0 Å². The summed E-state index contributed by atoms with van der Waals surface area (Å²) in [5.41, 5.74) is 12.7. The topological polar surface area (TPSA) is 89.2 Å². The fraction of sp³-hybridized carbons (Fsp3) is 0.385. The molecule has 1 aliphatic rings. The molecule has 1 saturated heterocycles. The van der Waals surface area contributed by atoms with Gasteiger partial charge in [0.2, 0.25) is 5.96 Å². The molecule has 0 saturated carbocycles. The Morgan fingerprint density at radius 3 is 2.74 bits per heavy atom. The Balaban J connectivity index is 2.07. The molecule has 1 fully saturated rings. The Hall–Kier alpha value is -1.92. The van der Waals surface area contributed by atoms with Crippen LogP contribution in [0.5, 0.6) is 0 Å². The van der Waals surface area contributed by atoms with E-state index in [2.05, 4.69) is 21.2 Å². The van der Waals surface area contributed by atoms with Crippen molar-refractivity contribution in [3.8, 4) is 0 Å². The molecule has 0 bridgehead atoms. The number of ether oxygens (including phenoxy) is 1. The van der Waals surface area contributed by atoms with Gasteiger partial charge in [0.05, 0.1) is 19.4 Å². The van der Waals surface area contributed by atoms with Crippen LogP contribution in [0, 0.1) is 0 Å². The van der Waals surface area contributed by atoms with Gasteiger partial charge in [-0.05, 0) is 11.1 Å². The first kappa shape index (κ1) is 13.5. The predicted octanol–water partition coefficient (Wildman–Crippen LogP) is 0.126. The molecule has 1 heterocycles. The molecule has 0 unspecified atom stereocenters. The predicted molar refractivity (Wildman–Crippen MR) is 75.9 cm³/mol. The molecule has 2 rings (SSSR count). The van der Waals surface area contributed by atoms with Crippen molar-refractivity contribution in [2.45, 2.75) is 6.54 Å². The standard InChI is InChI=1S/C13H19N5O/c14-13(15)17-16-9-11-3-1-2-4-12(11)10-18-5-7-19-8-6-18/h1-4,9H,5-8,10H2,(H4,14,15,17). The lowest BCUT2D eigenvalue weighted by molar-refractivity contribution is 0.0342. The van der Waals surface area contributed by atoms with E-state index in [4.69, 9.17) is 16.2 Å². The van der Waals surface area contributed by atoms with Crippen molar-refractivity contribution in [1.29, 1.82) is 0 Å². The first-order valence-electron chi connectivity index (χ1n) is 6.25. The van der Waals surface area contributed by atoms with Gasteiger partial charge in [-0.15, -0.1) is 5.10 Å². The van der Waals surface area contributed by atoms with Crippen molar-refractivity contribution in [3.63, 3.8) is 0 Å². The summed E-state index contributed by atoms with van der Waals surface area (Å²) in [5, 5.41) is 7.48. The number of rotatable bonds is 4. The van der Waals surface area contributed by atoms with Gasteiger partial charge in [0.15, 0.2) is 0 Å². The molecule has 19 heavy (non-hydrogen) atoms. The van der Waals surface area contributed by atoms with Crippen LogP contribution in [0.15, 0.2) is 34.5 Å². The van der Waals surface area contributed by atoms with Gasteiger partial charge in [0, 0.05) is 19.6 Å². The van der Waals surface area contributed by atoms with E-state index in [1.165, 1.54) is 5.56 Å². The first-order chi connectivity index (χ1) is 9.25. The highest BCUT2D eigenvalue weighted by atomic mass is 16.5. The number of nitrogens with zero attached hydrogens (tertiary/aromatic N) is 3. The number of hydrogen-bond donors (Lipinski definition) is 2. The molecule has 1 aromatic carbocycles.